The van der Waals surface area contributed by atoms with Crippen LogP contribution < -0.4 is 4.74 Å². The van der Waals surface area contributed by atoms with E-state index in [0.717, 1.165) is 17.0 Å². The molecular weight excluding hydrogens is 296 g/mol. The maximum atomic E-state index is 9.61. The van der Waals surface area contributed by atoms with E-state index < -0.39 is 0 Å². The first kappa shape index (κ1) is 14.8. The van der Waals surface area contributed by atoms with E-state index in [2.05, 4.69) is 20.4 Å². The summed E-state index contributed by atoms with van der Waals surface area (Å²) in [6.45, 7) is 3.85. The van der Waals surface area contributed by atoms with E-state index in [4.69, 9.17) is 4.74 Å². The molecule has 0 saturated heterocycles. The normalized spacial score (nSPS) is 11.3. The second-order valence-corrected chi connectivity index (χ2v) is 4.99. The summed E-state index contributed by atoms with van der Waals surface area (Å²) in [5.41, 5.74) is 2.61. The van der Waals surface area contributed by atoms with Crippen molar-refractivity contribution >= 4 is 6.21 Å². The molecule has 8 heteroatoms. The first-order valence-corrected chi connectivity index (χ1v) is 6.93. The maximum absolute atomic E-state index is 9.61. The van der Waals surface area contributed by atoms with Crippen LogP contribution in [0.4, 0.5) is 0 Å². The number of hydrogen-bond donors (Lipinski definition) is 1. The Morgan fingerprint density at radius 1 is 1.26 bits per heavy atom. The van der Waals surface area contributed by atoms with E-state index in [1.165, 1.54) is 18.1 Å². The highest BCUT2D eigenvalue weighted by atomic mass is 16.5. The molecule has 0 atom stereocenters. The zero-order valence-electron chi connectivity index (χ0n) is 13.0. The fourth-order valence-electron chi connectivity index (χ4n) is 2.18. The van der Waals surface area contributed by atoms with Crippen LogP contribution in [0.1, 0.15) is 17.0 Å². The molecule has 118 valence electrons. The van der Waals surface area contributed by atoms with Gasteiger partial charge in [-0.15, -0.1) is 10.2 Å². The molecule has 0 amide bonds. The lowest BCUT2D eigenvalue weighted by molar-refractivity contribution is 0.373. The number of phenolic OH excluding ortho intramolecular Hbond substituents is 1. The fraction of sp³-hybridized carbons (Fsp3) is 0.200. The monoisotopic (exact) mass is 312 g/mol. The molecule has 2 aromatic heterocycles. The first-order valence-electron chi connectivity index (χ1n) is 6.93. The second-order valence-electron chi connectivity index (χ2n) is 4.99. The van der Waals surface area contributed by atoms with Gasteiger partial charge in [0.2, 0.25) is 0 Å². The van der Waals surface area contributed by atoms with Crippen LogP contribution in [0.3, 0.4) is 0 Å². The Labute approximate surface area is 132 Å². The SMILES string of the molecule is COc1cc(/C=N/n2cnnc2-n2nc(C)cc2C)ccc1O. The van der Waals surface area contributed by atoms with Crippen molar-refractivity contribution < 1.29 is 9.84 Å². The molecule has 0 saturated carbocycles. The van der Waals surface area contributed by atoms with Crippen LogP contribution in [-0.4, -0.2) is 43.1 Å². The van der Waals surface area contributed by atoms with Crippen LogP contribution in [0.25, 0.3) is 5.95 Å². The van der Waals surface area contributed by atoms with Crippen LogP contribution in [0.5, 0.6) is 11.5 Å². The maximum Gasteiger partial charge on any atom is 0.273 e. The number of phenols is 1. The second kappa shape index (κ2) is 5.91. The van der Waals surface area contributed by atoms with Crippen molar-refractivity contribution in [1.29, 1.82) is 0 Å². The highest BCUT2D eigenvalue weighted by Gasteiger charge is 2.10. The molecule has 23 heavy (non-hydrogen) atoms. The van der Waals surface area contributed by atoms with Crippen LogP contribution in [0.15, 0.2) is 35.7 Å². The van der Waals surface area contributed by atoms with E-state index in [-0.39, 0.29) is 5.75 Å². The summed E-state index contributed by atoms with van der Waals surface area (Å²) in [5, 5.41) is 26.3. The third-order valence-corrected chi connectivity index (χ3v) is 3.25. The Morgan fingerprint density at radius 3 is 2.78 bits per heavy atom. The standard InChI is InChI=1S/C15H16N6O2/c1-10-6-11(2)21(19-10)15-18-16-9-20(15)17-8-12-4-5-13(22)14(7-12)23-3/h4-9,22H,1-3H3/b17-8+. The van der Waals surface area contributed by atoms with Gasteiger partial charge >= 0.3 is 0 Å². The van der Waals surface area contributed by atoms with Crippen LogP contribution >= 0.6 is 0 Å². The summed E-state index contributed by atoms with van der Waals surface area (Å²) in [6.07, 6.45) is 3.13. The predicted molar refractivity (Wildman–Crippen MR) is 84.3 cm³/mol. The third-order valence-electron chi connectivity index (χ3n) is 3.25. The number of rotatable bonds is 4. The molecule has 0 aliphatic heterocycles. The Balaban J connectivity index is 1.92. The summed E-state index contributed by atoms with van der Waals surface area (Å²) < 4.78 is 8.28. The Bertz CT molecular complexity index is 865. The smallest absolute Gasteiger partial charge is 0.273 e. The van der Waals surface area contributed by atoms with Crippen molar-refractivity contribution in [3.05, 3.63) is 47.5 Å². The molecule has 2 heterocycles. The van der Waals surface area contributed by atoms with Crippen LogP contribution in [0, 0.1) is 13.8 Å². The fourth-order valence-corrected chi connectivity index (χ4v) is 2.18. The van der Waals surface area contributed by atoms with E-state index >= 15 is 0 Å². The van der Waals surface area contributed by atoms with Crippen molar-refractivity contribution in [2.24, 2.45) is 5.10 Å². The van der Waals surface area contributed by atoms with Gasteiger partial charge in [0.1, 0.15) is 6.33 Å². The van der Waals surface area contributed by atoms with Crippen LogP contribution in [-0.2, 0) is 0 Å². The van der Waals surface area contributed by atoms with Crippen molar-refractivity contribution in [2.75, 3.05) is 7.11 Å². The quantitative estimate of drug-likeness (QED) is 0.740. The van der Waals surface area contributed by atoms with Crippen molar-refractivity contribution in [3.63, 3.8) is 0 Å². The van der Waals surface area contributed by atoms with Gasteiger partial charge in [-0.2, -0.15) is 14.9 Å². The number of hydrogen-bond acceptors (Lipinski definition) is 6. The minimum absolute atomic E-state index is 0.0808. The molecule has 3 aromatic rings. The van der Waals surface area contributed by atoms with E-state index in [1.54, 1.807) is 29.1 Å². The van der Waals surface area contributed by atoms with E-state index in [9.17, 15) is 5.11 Å². The first-order chi connectivity index (χ1) is 11.1. The minimum Gasteiger partial charge on any atom is -0.504 e. The number of ether oxygens (including phenoxy) is 1. The highest BCUT2D eigenvalue weighted by Crippen LogP contribution is 2.25. The van der Waals surface area contributed by atoms with Gasteiger partial charge in [0.05, 0.1) is 19.0 Å². The minimum atomic E-state index is 0.0808. The number of benzene rings is 1. The summed E-state index contributed by atoms with van der Waals surface area (Å²) in [5.74, 6) is 0.964. The molecule has 1 N–H and O–H groups in total. The number of nitrogens with zero attached hydrogens (tertiary/aromatic N) is 6. The lowest BCUT2D eigenvalue weighted by Gasteiger charge is -2.04. The molecule has 8 nitrogen and oxygen atoms in total. The Hall–Kier alpha value is -3.16. The molecule has 0 aliphatic carbocycles. The molecule has 3 rings (SSSR count). The number of methoxy groups -OCH3 is 1. The lowest BCUT2D eigenvalue weighted by atomic mass is 10.2. The Kier molecular flexibility index (Phi) is 3.80. The van der Waals surface area contributed by atoms with Gasteiger partial charge in [-0.3, -0.25) is 0 Å². The van der Waals surface area contributed by atoms with Gasteiger partial charge in [-0.25, -0.2) is 4.68 Å². The van der Waals surface area contributed by atoms with E-state index in [0.29, 0.717) is 11.7 Å². The zero-order valence-corrected chi connectivity index (χ0v) is 13.0. The average molecular weight is 312 g/mol. The van der Waals surface area contributed by atoms with Crippen molar-refractivity contribution in [3.8, 4) is 17.4 Å². The molecular formula is C15H16N6O2. The Morgan fingerprint density at radius 2 is 2.09 bits per heavy atom. The van der Waals surface area contributed by atoms with Gasteiger partial charge in [-0.05, 0) is 43.7 Å². The van der Waals surface area contributed by atoms with Crippen LogP contribution in [0.2, 0.25) is 0 Å². The topological polar surface area (TPSA) is 90.4 Å². The summed E-state index contributed by atoms with van der Waals surface area (Å²) in [4.78, 5) is 0. The molecule has 1 aromatic carbocycles. The van der Waals surface area contributed by atoms with Gasteiger partial charge in [0.15, 0.2) is 11.5 Å². The molecule has 0 spiro atoms. The molecule has 0 radical (unpaired) electrons. The van der Waals surface area contributed by atoms with Gasteiger partial charge in [0.25, 0.3) is 5.95 Å². The highest BCUT2D eigenvalue weighted by molar-refractivity contribution is 5.80. The molecule has 0 aliphatic rings. The summed E-state index contributed by atoms with van der Waals surface area (Å²) in [7, 11) is 1.50. The van der Waals surface area contributed by atoms with Gasteiger partial charge in [-0.1, -0.05) is 0 Å². The number of aromatic hydroxyl groups is 1. The number of aryl methyl sites for hydroxylation is 2. The van der Waals surface area contributed by atoms with Gasteiger partial charge in [0, 0.05) is 5.69 Å². The van der Waals surface area contributed by atoms with E-state index in [1.807, 2.05) is 19.9 Å². The zero-order chi connectivity index (χ0) is 16.4. The molecule has 0 bridgehead atoms. The molecule has 0 unspecified atom stereocenters. The summed E-state index contributed by atoms with van der Waals surface area (Å²) >= 11 is 0. The lowest BCUT2D eigenvalue weighted by Crippen LogP contribution is -2.06. The van der Waals surface area contributed by atoms with Crippen molar-refractivity contribution in [2.45, 2.75) is 13.8 Å². The number of aromatic nitrogens is 5. The third kappa shape index (κ3) is 2.91. The average Bonchev–Trinajstić information content (AvgIpc) is 3.12. The summed E-state index contributed by atoms with van der Waals surface area (Å²) in [6, 6.07) is 6.92. The predicted octanol–water partition coefficient (Wildman–Crippen LogP) is 1.68. The largest absolute Gasteiger partial charge is 0.504 e. The van der Waals surface area contributed by atoms with Gasteiger partial charge < -0.3 is 9.84 Å². The molecule has 0 fully saturated rings. The van der Waals surface area contributed by atoms with Crippen molar-refractivity contribution in [1.82, 2.24) is 24.7 Å².